The van der Waals surface area contributed by atoms with E-state index in [2.05, 4.69) is 29.8 Å². The van der Waals surface area contributed by atoms with Crippen LogP contribution in [0.15, 0.2) is 43.2 Å². The smallest absolute Gasteiger partial charge is 0.225 e. The first-order valence-corrected chi connectivity index (χ1v) is 8.11. The monoisotopic (exact) mass is 321 g/mol. The lowest BCUT2D eigenvalue weighted by Crippen LogP contribution is -2.22. The van der Waals surface area contributed by atoms with Gasteiger partial charge in [0.1, 0.15) is 5.69 Å². The summed E-state index contributed by atoms with van der Waals surface area (Å²) in [6, 6.07) is 1.84. The van der Waals surface area contributed by atoms with Crippen LogP contribution < -0.4 is 4.90 Å². The zero-order valence-corrected chi connectivity index (χ0v) is 13.6. The summed E-state index contributed by atoms with van der Waals surface area (Å²) >= 11 is 0. The van der Waals surface area contributed by atoms with Crippen LogP contribution in [-0.4, -0.2) is 42.6 Å². The van der Waals surface area contributed by atoms with E-state index in [1.54, 1.807) is 31.0 Å². The standard InChI is InChI=1S/C17H19N7/c1-23-10-8-20-16(23)15-14(18-6-7-19-15)11-13-3-9-24(12-13)17-21-4-2-5-22-17/h2,4-8,10,13H,3,9,11-12H2,1H3/t13-/m1/s1. The summed E-state index contributed by atoms with van der Waals surface area (Å²) in [7, 11) is 1.98. The molecule has 1 fully saturated rings. The van der Waals surface area contributed by atoms with Gasteiger partial charge in [0.15, 0.2) is 5.82 Å². The predicted molar refractivity (Wildman–Crippen MR) is 90.3 cm³/mol. The quantitative estimate of drug-likeness (QED) is 0.729. The fourth-order valence-electron chi connectivity index (χ4n) is 3.21. The van der Waals surface area contributed by atoms with Gasteiger partial charge >= 0.3 is 0 Å². The summed E-state index contributed by atoms with van der Waals surface area (Å²) in [5, 5.41) is 0. The van der Waals surface area contributed by atoms with Crippen LogP contribution in [0.1, 0.15) is 12.1 Å². The van der Waals surface area contributed by atoms with Gasteiger partial charge in [-0.15, -0.1) is 0 Å². The zero-order chi connectivity index (χ0) is 16.4. The second-order valence-corrected chi connectivity index (χ2v) is 6.07. The molecule has 7 heteroatoms. The molecule has 0 unspecified atom stereocenters. The Bertz CT molecular complexity index is 815. The number of imidazole rings is 1. The molecule has 4 heterocycles. The van der Waals surface area contributed by atoms with Crippen LogP contribution in [0.25, 0.3) is 11.5 Å². The highest BCUT2D eigenvalue weighted by Crippen LogP contribution is 2.26. The Morgan fingerprint density at radius 1 is 1.00 bits per heavy atom. The lowest BCUT2D eigenvalue weighted by atomic mass is 10.0. The van der Waals surface area contributed by atoms with Crippen molar-refractivity contribution in [3.05, 3.63) is 48.9 Å². The third-order valence-corrected chi connectivity index (χ3v) is 4.41. The van der Waals surface area contributed by atoms with Gasteiger partial charge in [0, 0.05) is 57.3 Å². The highest BCUT2D eigenvalue weighted by atomic mass is 15.3. The van der Waals surface area contributed by atoms with Crippen molar-refractivity contribution in [1.82, 2.24) is 29.5 Å². The lowest BCUT2D eigenvalue weighted by molar-refractivity contribution is 0.576. The van der Waals surface area contributed by atoms with Gasteiger partial charge in [-0.05, 0) is 24.8 Å². The second-order valence-electron chi connectivity index (χ2n) is 6.07. The molecule has 7 nitrogen and oxygen atoms in total. The van der Waals surface area contributed by atoms with Crippen LogP contribution in [0.2, 0.25) is 0 Å². The van der Waals surface area contributed by atoms with Crippen molar-refractivity contribution in [2.24, 2.45) is 13.0 Å². The molecule has 3 aromatic rings. The minimum Gasteiger partial charge on any atom is -0.341 e. The minimum atomic E-state index is 0.518. The van der Waals surface area contributed by atoms with Crippen molar-refractivity contribution in [2.45, 2.75) is 12.8 Å². The Balaban J connectivity index is 1.52. The summed E-state index contributed by atoms with van der Waals surface area (Å²) in [6.07, 6.45) is 12.8. The van der Waals surface area contributed by atoms with Crippen LogP contribution in [0.3, 0.4) is 0 Å². The first-order chi connectivity index (χ1) is 11.8. The van der Waals surface area contributed by atoms with Gasteiger partial charge in [0.25, 0.3) is 0 Å². The third kappa shape index (κ3) is 2.84. The Morgan fingerprint density at radius 3 is 2.62 bits per heavy atom. The number of nitrogens with zero attached hydrogens (tertiary/aromatic N) is 7. The van der Waals surface area contributed by atoms with Crippen LogP contribution >= 0.6 is 0 Å². The highest BCUT2D eigenvalue weighted by molar-refractivity contribution is 5.53. The Morgan fingerprint density at radius 2 is 1.83 bits per heavy atom. The zero-order valence-electron chi connectivity index (χ0n) is 13.6. The lowest BCUT2D eigenvalue weighted by Gasteiger charge is -2.16. The Hall–Kier alpha value is -2.83. The largest absolute Gasteiger partial charge is 0.341 e. The molecule has 0 radical (unpaired) electrons. The number of anilines is 1. The number of hydrogen-bond donors (Lipinski definition) is 0. The van der Waals surface area contributed by atoms with Crippen molar-refractivity contribution in [3.63, 3.8) is 0 Å². The summed E-state index contributed by atoms with van der Waals surface area (Å²) in [5.41, 5.74) is 1.88. The molecule has 1 atom stereocenters. The van der Waals surface area contributed by atoms with E-state index >= 15 is 0 Å². The molecular weight excluding hydrogens is 302 g/mol. The number of hydrogen-bond acceptors (Lipinski definition) is 6. The molecule has 1 aliphatic rings. The van der Waals surface area contributed by atoms with Gasteiger partial charge in [0.05, 0.1) is 5.69 Å². The summed E-state index contributed by atoms with van der Waals surface area (Å²) in [4.78, 5) is 24.4. The summed E-state index contributed by atoms with van der Waals surface area (Å²) < 4.78 is 1.98. The molecule has 24 heavy (non-hydrogen) atoms. The van der Waals surface area contributed by atoms with Gasteiger partial charge in [-0.3, -0.25) is 4.98 Å². The van der Waals surface area contributed by atoms with Crippen molar-refractivity contribution in [1.29, 1.82) is 0 Å². The van der Waals surface area contributed by atoms with Crippen LogP contribution in [0.4, 0.5) is 5.95 Å². The highest BCUT2D eigenvalue weighted by Gasteiger charge is 2.26. The molecule has 0 spiro atoms. The molecule has 0 aromatic carbocycles. The number of aromatic nitrogens is 6. The van der Waals surface area contributed by atoms with E-state index in [1.807, 2.05) is 23.9 Å². The van der Waals surface area contributed by atoms with Crippen LogP contribution in [0.5, 0.6) is 0 Å². The first kappa shape index (κ1) is 14.7. The van der Waals surface area contributed by atoms with Crippen molar-refractivity contribution in [3.8, 4) is 11.5 Å². The molecule has 0 bridgehead atoms. The fourth-order valence-corrected chi connectivity index (χ4v) is 3.21. The van der Waals surface area contributed by atoms with E-state index in [-0.39, 0.29) is 0 Å². The van der Waals surface area contributed by atoms with Gasteiger partial charge in [-0.1, -0.05) is 0 Å². The Labute approximate surface area is 140 Å². The maximum atomic E-state index is 4.57. The van der Waals surface area contributed by atoms with E-state index in [4.69, 9.17) is 0 Å². The topological polar surface area (TPSA) is 72.6 Å². The summed E-state index contributed by atoms with van der Waals surface area (Å²) in [6.45, 7) is 1.92. The SMILES string of the molecule is Cn1ccnc1-c1nccnc1C[C@H]1CCN(c2ncccn2)C1. The van der Waals surface area contributed by atoms with Crippen LogP contribution in [0, 0.1) is 5.92 Å². The maximum absolute atomic E-state index is 4.57. The average molecular weight is 321 g/mol. The number of rotatable bonds is 4. The van der Waals surface area contributed by atoms with Crippen LogP contribution in [-0.2, 0) is 13.5 Å². The molecule has 1 aliphatic heterocycles. The second kappa shape index (κ2) is 6.35. The van der Waals surface area contributed by atoms with E-state index in [0.29, 0.717) is 5.92 Å². The first-order valence-electron chi connectivity index (χ1n) is 8.11. The third-order valence-electron chi connectivity index (χ3n) is 4.41. The van der Waals surface area contributed by atoms with Gasteiger partial charge in [-0.25, -0.2) is 19.9 Å². The maximum Gasteiger partial charge on any atom is 0.225 e. The minimum absolute atomic E-state index is 0.518. The van der Waals surface area contributed by atoms with Gasteiger partial charge in [-0.2, -0.15) is 0 Å². The predicted octanol–water partition coefficient (Wildman–Crippen LogP) is 1.74. The van der Waals surface area contributed by atoms with Gasteiger partial charge < -0.3 is 9.47 Å². The normalized spacial score (nSPS) is 17.4. The van der Waals surface area contributed by atoms with E-state index < -0.39 is 0 Å². The average Bonchev–Trinajstić information content (AvgIpc) is 3.25. The molecule has 4 rings (SSSR count). The molecule has 122 valence electrons. The molecule has 0 aliphatic carbocycles. The van der Waals surface area contributed by atoms with Crippen molar-refractivity contribution >= 4 is 5.95 Å². The molecule has 1 saturated heterocycles. The van der Waals surface area contributed by atoms with E-state index in [1.165, 1.54) is 0 Å². The van der Waals surface area contributed by atoms with Crippen molar-refractivity contribution in [2.75, 3.05) is 18.0 Å². The Kier molecular flexibility index (Phi) is 3.90. The van der Waals surface area contributed by atoms with E-state index in [9.17, 15) is 0 Å². The fraction of sp³-hybridized carbons (Fsp3) is 0.353. The van der Waals surface area contributed by atoms with Crippen molar-refractivity contribution < 1.29 is 0 Å². The molecular formula is C17H19N7. The van der Waals surface area contributed by atoms with E-state index in [0.717, 1.165) is 49.1 Å². The molecule has 3 aromatic heterocycles. The molecule has 0 amide bonds. The molecule has 0 saturated carbocycles. The number of aryl methyl sites for hydroxylation is 1. The van der Waals surface area contributed by atoms with Gasteiger partial charge in [0.2, 0.25) is 5.95 Å². The summed E-state index contributed by atoms with van der Waals surface area (Å²) in [5.74, 6) is 2.19. The molecule has 0 N–H and O–H groups in total.